The first kappa shape index (κ1) is 18.3. The van der Waals surface area contributed by atoms with Crippen molar-refractivity contribution in [3.05, 3.63) is 52.9 Å². The van der Waals surface area contributed by atoms with Crippen molar-refractivity contribution in [3.8, 4) is 0 Å². The first-order valence-corrected chi connectivity index (χ1v) is 8.84. The number of esters is 2. The molecule has 0 amide bonds. The van der Waals surface area contributed by atoms with E-state index in [1.807, 2.05) is 12.1 Å². The van der Waals surface area contributed by atoms with Gasteiger partial charge in [0.2, 0.25) is 11.5 Å². The zero-order valence-electron chi connectivity index (χ0n) is 13.9. The van der Waals surface area contributed by atoms with Crippen LogP contribution in [0.1, 0.15) is 28.0 Å². The van der Waals surface area contributed by atoms with E-state index in [0.717, 1.165) is 4.90 Å². The van der Waals surface area contributed by atoms with Gasteiger partial charge in [-0.25, -0.2) is 14.6 Å². The van der Waals surface area contributed by atoms with Crippen LogP contribution in [-0.2, 0) is 9.47 Å². The number of hydrogen-bond donors (Lipinski definition) is 0. The van der Waals surface area contributed by atoms with Crippen LogP contribution in [0.5, 0.6) is 0 Å². The highest BCUT2D eigenvalue weighted by Crippen LogP contribution is 2.35. The van der Waals surface area contributed by atoms with Gasteiger partial charge in [-0.15, -0.1) is 0 Å². The van der Waals surface area contributed by atoms with Gasteiger partial charge < -0.3 is 13.9 Å². The van der Waals surface area contributed by atoms with E-state index < -0.39 is 11.9 Å². The molecule has 8 heteroatoms. The Bertz CT molecular complexity index is 968. The molecule has 0 spiro atoms. The van der Waals surface area contributed by atoms with Crippen molar-refractivity contribution >= 4 is 46.4 Å². The van der Waals surface area contributed by atoms with Crippen LogP contribution in [-0.4, -0.2) is 30.6 Å². The van der Waals surface area contributed by atoms with Gasteiger partial charge in [-0.05, 0) is 37.3 Å². The lowest BCUT2D eigenvalue weighted by Gasteiger charge is -2.06. The third-order valence-corrected chi connectivity index (χ3v) is 4.70. The number of carbonyl (C=O) groups is 2. The van der Waals surface area contributed by atoms with Crippen LogP contribution in [0.15, 0.2) is 50.6 Å². The minimum atomic E-state index is -0.622. The first-order valence-electron chi connectivity index (χ1n) is 7.65. The topological polar surface area (TPSA) is 78.6 Å². The van der Waals surface area contributed by atoms with Gasteiger partial charge in [0.25, 0.3) is 0 Å². The number of carbonyl (C=O) groups excluding carboxylic acids is 2. The number of aromatic nitrogens is 1. The zero-order valence-corrected chi connectivity index (χ0v) is 15.5. The number of furan rings is 1. The number of halogens is 1. The summed E-state index contributed by atoms with van der Waals surface area (Å²) in [5, 5.41) is 1.22. The lowest BCUT2D eigenvalue weighted by atomic mass is 10.2. The summed E-state index contributed by atoms with van der Waals surface area (Å²) >= 11 is 7.31. The summed E-state index contributed by atoms with van der Waals surface area (Å²) in [7, 11) is 1.26. The summed E-state index contributed by atoms with van der Waals surface area (Å²) in [6.07, 6.45) is 0. The number of fused-ring (bicyclic) bond motifs is 1. The van der Waals surface area contributed by atoms with E-state index in [9.17, 15) is 9.59 Å². The summed E-state index contributed by atoms with van der Waals surface area (Å²) in [5.74, 6) is -1.18. The Hall–Kier alpha value is -2.51. The van der Waals surface area contributed by atoms with Gasteiger partial charge in [0.15, 0.2) is 5.69 Å². The fourth-order valence-corrected chi connectivity index (χ4v) is 3.29. The number of hydrogen-bond acceptors (Lipinski definition) is 7. The highest BCUT2D eigenvalue weighted by molar-refractivity contribution is 7.99. The second-order valence-electron chi connectivity index (χ2n) is 5.10. The number of ether oxygens (including phenoxy) is 2. The van der Waals surface area contributed by atoms with E-state index in [-0.39, 0.29) is 23.8 Å². The number of pyridine rings is 1. The van der Waals surface area contributed by atoms with E-state index in [0.29, 0.717) is 15.3 Å². The smallest absolute Gasteiger partial charge is 0.374 e. The van der Waals surface area contributed by atoms with E-state index in [2.05, 4.69) is 9.72 Å². The predicted molar refractivity (Wildman–Crippen MR) is 96.9 cm³/mol. The molecule has 3 rings (SSSR count). The third-order valence-electron chi connectivity index (χ3n) is 3.38. The van der Waals surface area contributed by atoms with Crippen molar-refractivity contribution in [1.82, 2.24) is 4.98 Å². The Balaban J connectivity index is 2.10. The second-order valence-corrected chi connectivity index (χ2v) is 6.65. The van der Waals surface area contributed by atoms with Crippen molar-refractivity contribution in [2.45, 2.75) is 16.7 Å². The summed E-state index contributed by atoms with van der Waals surface area (Å²) in [6, 6.07) is 10.4. The van der Waals surface area contributed by atoms with Gasteiger partial charge in [0.05, 0.1) is 19.1 Å². The van der Waals surface area contributed by atoms with Crippen LogP contribution in [0.3, 0.4) is 0 Å². The van der Waals surface area contributed by atoms with E-state index in [1.165, 1.54) is 18.9 Å². The molecular formula is C18H14ClNO5S. The van der Waals surface area contributed by atoms with Crippen molar-refractivity contribution in [3.63, 3.8) is 0 Å². The van der Waals surface area contributed by atoms with E-state index in [4.69, 9.17) is 20.8 Å². The lowest BCUT2D eigenvalue weighted by Crippen LogP contribution is -2.07. The molecule has 0 N–H and O–H groups in total. The Morgan fingerprint density at radius 3 is 2.58 bits per heavy atom. The molecule has 0 saturated heterocycles. The van der Waals surface area contributed by atoms with Crippen LogP contribution in [0.4, 0.5) is 0 Å². The van der Waals surface area contributed by atoms with Crippen molar-refractivity contribution in [1.29, 1.82) is 0 Å². The largest absolute Gasteiger partial charge is 0.463 e. The number of rotatable bonds is 5. The maximum atomic E-state index is 12.1. The minimum Gasteiger partial charge on any atom is -0.463 e. The number of benzene rings is 1. The summed E-state index contributed by atoms with van der Waals surface area (Å²) in [6.45, 7) is 1.94. The third kappa shape index (κ3) is 3.84. The number of methoxy groups -OCH3 is 1. The van der Waals surface area contributed by atoms with Crippen molar-refractivity contribution < 1.29 is 23.5 Å². The molecular weight excluding hydrogens is 378 g/mol. The summed E-state index contributed by atoms with van der Waals surface area (Å²) in [4.78, 5) is 29.6. The van der Waals surface area contributed by atoms with Gasteiger partial charge >= 0.3 is 11.9 Å². The van der Waals surface area contributed by atoms with Crippen LogP contribution in [0.25, 0.3) is 11.1 Å². The van der Waals surface area contributed by atoms with Crippen LogP contribution in [0, 0.1) is 0 Å². The molecule has 0 aliphatic carbocycles. The molecule has 1 aromatic carbocycles. The highest BCUT2D eigenvalue weighted by Gasteiger charge is 2.20. The summed E-state index contributed by atoms with van der Waals surface area (Å²) in [5.41, 5.74) is 0.258. The van der Waals surface area contributed by atoms with Crippen molar-refractivity contribution in [2.24, 2.45) is 0 Å². The van der Waals surface area contributed by atoms with Gasteiger partial charge in [-0.1, -0.05) is 23.4 Å². The molecule has 0 bridgehead atoms. The van der Waals surface area contributed by atoms with Crippen LogP contribution in [0.2, 0.25) is 5.02 Å². The van der Waals surface area contributed by atoms with Gasteiger partial charge in [-0.3, -0.25) is 0 Å². The maximum absolute atomic E-state index is 12.1. The fraction of sp³-hybridized carbons (Fsp3) is 0.167. The number of nitrogens with zero attached hydrogens (tertiary/aromatic N) is 1. The van der Waals surface area contributed by atoms with Crippen LogP contribution < -0.4 is 0 Å². The first-order chi connectivity index (χ1) is 12.5. The van der Waals surface area contributed by atoms with Crippen molar-refractivity contribution in [2.75, 3.05) is 13.7 Å². The fourth-order valence-electron chi connectivity index (χ4n) is 2.21. The van der Waals surface area contributed by atoms with E-state index in [1.54, 1.807) is 31.2 Å². The molecule has 2 aromatic heterocycles. The predicted octanol–water partition coefficient (Wildman–Crippen LogP) is 4.60. The molecule has 0 radical (unpaired) electrons. The molecule has 3 aromatic rings. The standard InChI is InChI=1S/C18H14ClNO5S/c1-3-24-17(21)13-9-15(26-11-6-4-10(19)5-7-11)12-8-14(18(22)23-2)25-16(12)20-13/h4-9H,3H2,1-2H3. The molecule has 0 unspecified atom stereocenters. The Morgan fingerprint density at radius 1 is 1.19 bits per heavy atom. The molecule has 6 nitrogen and oxygen atoms in total. The highest BCUT2D eigenvalue weighted by atomic mass is 35.5. The van der Waals surface area contributed by atoms with E-state index >= 15 is 0 Å². The molecule has 0 fully saturated rings. The Morgan fingerprint density at radius 2 is 1.92 bits per heavy atom. The molecule has 134 valence electrons. The SMILES string of the molecule is CCOC(=O)c1cc(Sc2ccc(Cl)cc2)c2cc(C(=O)OC)oc2n1. The van der Waals surface area contributed by atoms with Gasteiger partial charge in [-0.2, -0.15) is 0 Å². The second kappa shape index (κ2) is 7.80. The molecule has 26 heavy (non-hydrogen) atoms. The average Bonchev–Trinajstić information content (AvgIpc) is 3.07. The normalized spacial score (nSPS) is 10.7. The Kier molecular flexibility index (Phi) is 5.49. The molecule has 2 heterocycles. The lowest BCUT2D eigenvalue weighted by molar-refractivity contribution is 0.0519. The van der Waals surface area contributed by atoms with Crippen LogP contribution >= 0.6 is 23.4 Å². The van der Waals surface area contributed by atoms with Gasteiger partial charge in [0, 0.05) is 20.9 Å². The molecule has 0 aliphatic rings. The summed E-state index contributed by atoms with van der Waals surface area (Å²) < 4.78 is 15.2. The average molecular weight is 392 g/mol. The molecule has 0 saturated carbocycles. The molecule has 0 aliphatic heterocycles. The molecule has 0 atom stereocenters. The maximum Gasteiger partial charge on any atom is 0.374 e. The Labute approximate surface area is 158 Å². The monoisotopic (exact) mass is 391 g/mol. The quantitative estimate of drug-likeness (QED) is 0.588. The minimum absolute atomic E-state index is 0.00830. The zero-order chi connectivity index (χ0) is 18.7. The van der Waals surface area contributed by atoms with Gasteiger partial charge in [0.1, 0.15) is 0 Å².